The summed E-state index contributed by atoms with van der Waals surface area (Å²) in [4.78, 5) is 16.7. The minimum atomic E-state index is 0.213. The van der Waals surface area contributed by atoms with Gasteiger partial charge in [0.05, 0.1) is 6.20 Å². The normalized spacial score (nSPS) is 23.5. The first kappa shape index (κ1) is 14.4. The van der Waals surface area contributed by atoms with E-state index in [4.69, 9.17) is 0 Å². The van der Waals surface area contributed by atoms with Crippen molar-refractivity contribution in [1.82, 2.24) is 24.8 Å². The maximum Gasteiger partial charge on any atom is 0.319 e. The van der Waals surface area contributed by atoms with Crippen LogP contribution >= 0.6 is 0 Å². The van der Waals surface area contributed by atoms with Gasteiger partial charge in [-0.15, -0.1) is 5.10 Å². The number of likely N-dealkylation sites (tertiary alicyclic amines) is 1. The smallest absolute Gasteiger partial charge is 0.319 e. The molecule has 0 bridgehead atoms. The summed E-state index contributed by atoms with van der Waals surface area (Å²) in [5, 5.41) is 7.88. The predicted molar refractivity (Wildman–Crippen MR) is 79.7 cm³/mol. The third-order valence-electron chi connectivity index (χ3n) is 4.88. The van der Waals surface area contributed by atoms with Crippen LogP contribution in [0.5, 0.6) is 0 Å². The Kier molecular flexibility index (Phi) is 4.41. The van der Waals surface area contributed by atoms with Gasteiger partial charge in [-0.25, -0.2) is 4.79 Å². The van der Waals surface area contributed by atoms with Gasteiger partial charge < -0.3 is 9.80 Å². The third-order valence-corrected chi connectivity index (χ3v) is 4.88. The molecular formula is C15H25N5O. The lowest BCUT2D eigenvalue weighted by Gasteiger charge is -2.37. The molecule has 2 aliphatic rings. The summed E-state index contributed by atoms with van der Waals surface area (Å²) in [7, 11) is 1.97. The average Bonchev–Trinajstić information content (AvgIpc) is 3.19. The Morgan fingerprint density at radius 2 is 2.10 bits per heavy atom. The van der Waals surface area contributed by atoms with Crippen LogP contribution in [0.4, 0.5) is 4.79 Å². The number of amides is 2. The topological polar surface area (TPSA) is 54.3 Å². The fourth-order valence-electron chi connectivity index (χ4n) is 3.65. The minimum absolute atomic E-state index is 0.213. The molecule has 1 aromatic heterocycles. The van der Waals surface area contributed by atoms with E-state index in [9.17, 15) is 4.79 Å². The number of aromatic nitrogens is 3. The summed E-state index contributed by atoms with van der Waals surface area (Å²) < 4.78 is 1.87. The number of carbonyl (C=O) groups excluding carboxylic acids is 1. The molecule has 1 aromatic rings. The van der Waals surface area contributed by atoms with Crippen LogP contribution in [0.3, 0.4) is 0 Å². The van der Waals surface area contributed by atoms with Crippen LogP contribution in [0.25, 0.3) is 0 Å². The summed E-state index contributed by atoms with van der Waals surface area (Å²) in [6, 6.07) is 0.665. The van der Waals surface area contributed by atoms with Crippen molar-refractivity contribution in [2.24, 2.45) is 5.92 Å². The largest absolute Gasteiger partial charge is 0.325 e. The molecule has 0 N–H and O–H groups in total. The molecular weight excluding hydrogens is 266 g/mol. The second-order valence-electron chi connectivity index (χ2n) is 6.41. The van der Waals surface area contributed by atoms with Gasteiger partial charge >= 0.3 is 6.03 Å². The first-order chi connectivity index (χ1) is 10.2. The van der Waals surface area contributed by atoms with E-state index in [1.54, 1.807) is 6.20 Å². The number of urea groups is 1. The molecule has 1 saturated heterocycles. The minimum Gasteiger partial charge on any atom is -0.325 e. The second kappa shape index (κ2) is 6.45. The summed E-state index contributed by atoms with van der Waals surface area (Å²) >= 11 is 0. The fraction of sp³-hybridized carbons (Fsp3) is 0.800. The third kappa shape index (κ3) is 3.36. The molecule has 0 radical (unpaired) electrons. The molecule has 1 saturated carbocycles. The van der Waals surface area contributed by atoms with Crippen LogP contribution in [0.2, 0.25) is 0 Å². The van der Waals surface area contributed by atoms with Crippen LogP contribution in [-0.4, -0.2) is 57.0 Å². The standard InChI is InChI=1S/C15H25N5O/c1-18(14-6-2-3-7-14)15(21)19-9-4-5-13(11-19)12-20-10-8-16-17-20/h8,10,13-14H,2-7,9,11-12H2,1H3/t13-/m1/s1. The number of nitrogens with zero attached hydrogens (tertiary/aromatic N) is 5. The Hall–Kier alpha value is -1.59. The van der Waals surface area contributed by atoms with Crippen molar-refractivity contribution < 1.29 is 4.79 Å². The van der Waals surface area contributed by atoms with Gasteiger partial charge in [0.1, 0.15) is 0 Å². The molecule has 2 heterocycles. The van der Waals surface area contributed by atoms with Gasteiger partial charge in [0.15, 0.2) is 0 Å². The lowest BCUT2D eigenvalue weighted by Crippen LogP contribution is -2.49. The molecule has 2 amide bonds. The van der Waals surface area contributed by atoms with Gasteiger partial charge in [-0.3, -0.25) is 4.68 Å². The van der Waals surface area contributed by atoms with E-state index in [1.165, 1.54) is 25.7 Å². The first-order valence-electron chi connectivity index (χ1n) is 8.10. The second-order valence-corrected chi connectivity index (χ2v) is 6.41. The lowest BCUT2D eigenvalue weighted by atomic mass is 9.98. The van der Waals surface area contributed by atoms with Gasteiger partial charge in [0.25, 0.3) is 0 Å². The van der Waals surface area contributed by atoms with Crippen LogP contribution < -0.4 is 0 Å². The van der Waals surface area contributed by atoms with E-state index in [0.29, 0.717) is 12.0 Å². The molecule has 6 nitrogen and oxygen atoms in total. The Bertz CT molecular complexity index is 455. The van der Waals surface area contributed by atoms with E-state index in [2.05, 4.69) is 10.3 Å². The number of rotatable bonds is 3. The van der Waals surface area contributed by atoms with E-state index < -0.39 is 0 Å². The zero-order valence-electron chi connectivity index (χ0n) is 12.8. The molecule has 0 spiro atoms. The van der Waals surface area contributed by atoms with Gasteiger partial charge in [-0.05, 0) is 31.6 Å². The van der Waals surface area contributed by atoms with Crippen molar-refractivity contribution in [1.29, 1.82) is 0 Å². The van der Waals surface area contributed by atoms with Crippen LogP contribution in [0.15, 0.2) is 12.4 Å². The van der Waals surface area contributed by atoms with Crippen LogP contribution in [0.1, 0.15) is 38.5 Å². The van der Waals surface area contributed by atoms with E-state index >= 15 is 0 Å². The van der Waals surface area contributed by atoms with Crippen molar-refractivity contribution in [3.05, 3.63) is 12.4 Å². The summed E-state index contributed by atoms with van der Waals surface area (Å²) in [5.74, 6) is 0.487. The monoisotopic (exact) mass is 291 g/mol. The van der Waals surface area contributed by atoms with Crippen molar-refractivity contribution in [2.75, 3.05) is 20.1 Å². The van der Waals surface area contributed by atoms with E-state index in [0.717, 1.165) is 32.5 Å². The van der Waals surface area contributed by atoms with E-state index in [1.807, 2.05) is 27.7 Å². The van der Waals surface area contributed by atoms with Crippen LogP contribution in [-0.2, 0) is 6.54 Å². The highest BCUT2D eigenvalue weighted by atomic mass is 16.2. The van der Waals surface area contributed by atoms with Crippen LogP contribution in [0, 0.1) is 5.92 Å². The molecule has 1 aliphatic carbocycles. The average molecular weight is 291 g/mol. The molecule has 0 unspecified atom stereocenters. The highest BCUT2D eigenvalue weighted by molar-refractivity contribution is 5.74. The quantitative estimate of drug-likeness (QED) is 0.855. The first-order valence-corrected chi connectivity index (χ1v) is 8.10. The Balaban J connectivity index is 1.56. The SMILES string of the molecule is CN(C(=O)N1CCC[C@@H](Cn2ccnn2)C1)C1CCCC1. The lowest BCUT2D eigenvalue weighted by molar-refractivity contribution is 0.119. The van der Waals surface area contributed by atoms with E-state index in [-0.39, 0.29) is 6.03 Å². The molecule has 116 valence electrons. The number of hydrogen-bond acceptors (Lipinski definition) is 3. The Morgan fingerprint density at radius 1 is 1.29 bits per heavy atom. The number of hydrogen-bond donors (Lipinski definition) is 0. The summed E-state index contributed by atoms with van der Waals surface area (Å²) in [6.07, 6.45) is 10.7. The predicted octanol–water partition coefficient (Wildman–Crippen LogP) is 1.98. The zero-order valence-corrected chi connectivity index (χ0v) is 12.8. The molecule has 1 aliphatic heterocycles. The highest BCUT2D eigenvalue weighted by Gasteiger charge is 2.30. The van der Waals surface area contributed by atoms with Gasteiger partial charge in [-0.1, -0.05) is 18.1 Å². The van der Waals surface area contributed by atoms with Crippen molar-refractivity contribution >= 4 is 6.03 Å². The molecule has 2 fully saturated rings. The summed E-state index contributed by atoms with van der Waals surface area (Å²) in [6.45, 7) is 2.59. The van der Waals surface area contributed by atoms with Crippen molar-refractivity contribution in [3.8, 4) is 0 Å². The summed E-state index contributed by atoms with van der Waals surface area (Å²) in [5.41, 5.74) is 0. The van der Waals surface area contributed by atoms with Crippen molar-refractivity contribution in [3.63, 3.8) is 0 Å². The van der Waals surface area contributed by atoms with Gasteiger partial charge in [-0.2, -0.15) is 0 Å². The van der Waals surface area contributed by atoms with Crippen molar-refractivity contribution in [2.45, 2.75) is 51.1 Å². The maximum atomic E-state index is 12.7. The molecule has 3 rings (SSSR count). The Morgan fingerprint density at radius 3 is 2.81 bits per heavy atom. The van der Waals surface area contributed by atoms with Gasteiger partial charge in [0, 0.05) is 38.9 Å². The molecule has 0 aromatic carbocycles. The fourth-order valence-corrected chi connectivity index (χ4v) is 3.65. The maximum absolute atomic E-state index is 12.7. The molecule has 1 atom stereocenters. The molecule has 21 heavy (non-hydrogen) atoms. The molecule has 6 heteroatoms. The zero-order chi connectivity index (χ0) is 14.7. The number of carbonyl (C=O) groups is 1. The van der Waals surface area contributed by atoms with Gasteiger partial charge in [0.2, 0.25) is 0 Å². The number of piperidine rings is 1. The highest BCUT2D eigenvalue weighted by Crippen LogP contribution is 2.25. The Labute approximate surface area is 126 Å².